The third kappa shape index (κ3) is 3.12. The first-order valence-electron chi connectivity index (χ1n) is 7.63. The van der Waals surface area contributed by atoms with Crippen LogP contribution < -0.4 is 5.73 Å². The van der Waals surface area contributed by atoms with Crippen molar-refractivity contribution >= 4 is 11.0 Å². The Morgan fingerprint density at radius 3 is 2.62 bits per heavy atom. The first-order chi connectivity index (χ1) is 10.2. The summed E-state index contributed by atoms with van der Waals surface area (Å²) in [4.78, 5) is 0. The van der Waals surface area contributed by atoms with Gasteiger partial charge in [-0.1, -0.05) is 18.2 Å². The molecule has 2 N–H and O–H groups in total. The van der Waals surface area contributed by atoms with E-state index < -0.39 is 0 Å². The summed E-state index contributed by atoms with van der Waals surface area (Å²) in [5.74, 6) is 0.852. The molecule has 4 heteroatoms. The quantitative estimate of drug-likeness (QED) is 0.937. The number of hydrogen-bond acceptors (Lipinski definition) is 4. The minimum Gasteiger partial charge on any atom is -0.458 e. The lowest BCUT2D eigenvalue weighted by atomic mass is 10.0. The fraction of sp³-hybridized carbons (Fsp3) is 0.529. The van der Waals surface area contributed by atoms with Crippen molar-refractivity contribution in [3.8, 4) is 0 Å². The summed E-state index contributed by atoms with van der Waals surface area (Å²) in [5, 5.41) is 1.09. The van der Waals surface area contributed by atoms with Gasteiger partial charge in [-0.2, -0.15) is 0 Å². The van der Waals surface area contributed by atoms with Crippen LogP contribution in [0.25, 0.3) is 11.0 Å². The monoisotopic (exact) mass is 289 g/mol. The van der Waals surface area contributed by atoms with Crippen molar-refractivity contribution in [1.29, 1.82) is 0 Å². The second kappa shape index (κ2) is 6.18. The maximum atomic E-state index is 6.05. The van der Waals surface area contributed by atoms with Crippen LogP contribution in [0.3, 0.4) is 0 Å². The number of hydrogen-bond donors (Lipinski definition) is 1. The van der Waals surface area contributed by atoms with E-state index in [1.54, 1.807) is 0 Å². The summed E-state index contributed by atoms with van der Waals surface area (Å²) in [6.07, 6.45) is 2.60. The summed E-state index contributed by atoms with van der Waals surface area (Å²) in [7, 11) is 0. The van der Waals surface area contributed by atoms with Crippen molar-refractivity contribution in [3.05, 3.63) is 35.6 Å². The first-order valence-corrected chi connectivity index (χ1v) is 7.63. The second-order valence-electron chi connectivity index (χ2n) is 5.87. The van der Waals surface area contributed by atoms with E-state index in [9.17, 15) is 0 Å². The highest BCUT2D eigenvalue weighted by Crippen LogP contribution is 2.28. The molecule has 2 unspecified atom stereocenters. The van der Waals surface area contributed by atoms with Gasteiger partial charge in [0.15, 0.2) is 0 Å². The predicted molar refractivity (Wildman–Crippen MR) is 81.9 cm³/mol. The fourth-order valence-corrected chi connectivity index (χ4v) is 3.16. The predicted octanol–water partition coefficient (Wildman–Crippen LogP) is 3.36. The van der Waals surface area contributed by atoms with Crippen molar-refractivity contribution in [1.82, 2.24) is 0 Å². The summed E-state index contributed by atoms with van der Waals surface area (Å²) < 4.78 is 17.7. The highest BCUT2D eigenvalue weighted by Gasteiger charge is 2.25. The van der Waals surface area contributed by atoms with Gasteiger partial charge in [0.25, 0.3) is 0 Å². The van der Waals surface area contributed by atoms with Crippen LogP contribution >= 0.6 is 0 Å². The number of para-hydroxylation sites is 1. The minimum atomic E-state index is 0.225. The van der Waals surface area contributed by atoms with Gasteiger partial charge in [-0.15, -0.1) is 0 Å². The molecule has 0 aliphatic carbocycles. The molecule has 1 aromatic carbocycles. The van der Waals surface area contributed by atoms with Crippen molar-refractivity contribution in [2.45, 2.75) is 58.2 Å². The number of nitrogens with two attached hydrogens (primary N) is 1. The molecule has 0 amide bonds. The molecule has 1 aromatic heterocycles. The number of ether oxygens (including phenoxy) is 2. The SMILES string of the molecule is CC1CC(OCc2oc3ccccc3c2CN)CC(C)O1. The van der Waals surface area contributed by atoms with Crippen LogP contribution in [0.1, 0.15) is 38.0 Å². The number of rotatable bonds is 4. The molecule has 1 aliphatic rings. The molecule has 2 atom stereocenters. The summed E-state index contributed by atoms with van der Waals surface area (Å²) in [6, 6.07) is 7.99. The normalized spacial score (nSPS) is 26.3. The lowest BCUT2D eigenvalue weighted by Gasteiger charge is -2.31. The summed E-state index contributed by atoms with van der Waals surface area (Å²) >= 11 is 0. The van der Waals surface area contributed by atoms with Crippen LogP contribution in [-0.4, -0.2) is 18.3 Å². The lowest BCUT2D eigenvalue weighted by Crippen LogP contribution is -2.34. The van der Waals surface area contributed by atoms with Gasteiger partial charge >= 0.3 is 0 Å². The maximum absolute atomic E-state index is 6.05. The molecule has 4 nitrogen and oxygen atoms in total. The van der Waals surface area contributed by atoms with Gasteiger partial charge in [0, 0.05) is 17.5 Å². The zero-order valence-corrected chi connectivity index (χ0v) is 12.7. The third-order valence-corrected chi connectivity index (χ3v) is 4.09. The van der Waals surface area contributed by atoms with E-state index >= 15 is 0 Å². The Labute approximate surface area is 125 Å². The van der Waals surface area contributed by atoms with Gasteiger partial charge in [-0.05, 0) is 32.8 Å². The van der Waals surface area contributed by atoms with E-state index in [1.165, 1.54) is 0 Å². The highest BCUT2D eigenvalue weighted by molar-refractivity contribution is 5.82. The van der Waals surface area contributed by atoms with Crippen molar-refractivity contribution < 1.29 is 13.9 Å². The Morgan fingerprint density at radius 1 is 1.19 bits per heavy atom. The molecule has 0 bridgehead atoms. The van der Waals surface area contributed by atoms with E-state index in [1.807, 2.05) is 24.3 Å². The molecule has 2 heterocycles. The zero-order valence-electron chi connectivity index (χ0n) is 12.7. The van der Waals surface area contributed by atoms with Crippen LogP contribution in [0.15, 0.2) is 28.7 Å². The molecular formula is C17H23NO3. The van der Waals surface area contributed by atoms with Gasteiger partial charge in [-0.25, -0.2) is 0 Å². The molecule has 114 valence electrons. The summed E-state index contributed by atoms with van der Waals surface area (Å²) in [6.45, 7) is 5.14. The van der Waals surface area contributed by atoms with Gasteiger partial charge in [0.2, 0.25) is 0 Å². The fourth-order valence-electron chi connectivity index (χ4n) is 3.16. The first kappa shape index (κ1) is 14.6. The molecule has 1 fully saturated rings. The van der Waals surface area contributed by atoms with Gasteiger partial charge in [0.05, 0.1) is 18.3 Å². The molecule has 1 aliphatic heterocycles. The highest BCUT2D eigenvalue weighted by atomic mass is 16.5. The Bertz CT molecular complexity index is 597. The minimum absolute atomic E-state index is 0.225. The molecule has 0 saturated carbocycles. The maximum Gasteiger partial charge on any atom is 0.135 e. The number of fused-ring (bicyclic) bond motifs is 1. The van der Waals surface area contributed by atoms with Crippen LogP contribution in [0.5, 0.6) is 0 Å². The van der Waals surface area contributed by atoms with E-state index in [0.717, 1.165) is 35.1 Å². The Morgan fingerprint density at radius 2 is 1.90 bits per heavy atom. The number of benzene rings is 1. The Hall–Kier alpha value is -1.36. The van der Waals surface area contributed by atoms with E-state index in [0.29, 0.717) is 13.2 Å². The molecule has 0 radical (unpaired) electrons. The van der Waals surface area contributed by atoms with Crippen LogP contribution in [0, 0.1) is 0 Å². The molecule has 21 heavy (non-hydrogen) atoms. The molecular weight excluding hydrogens is 266 g/mol. The van der Waals surface area contributed by atoms with Crippen LogP contribution in [0.4, 0.5) is 0 Å². The van der Waals surface area contributed by atoms with E-state index in [-0.39, 0.29) is 18.3 Å². The van der Waals surface area contributed by atoms with E-state index in [2.05, 4.69) is 13.8 Å². The average Bonchev–Trinajstić information content (AvgIpc) is 2.81. The standard InChI is InChI=1S/C17H23NO3/c1-11-7-13(8-12(2)20-11)19-10-17-15(9-18)14-5-3-4-6-16(14)21-17/h3-6,11-13H,7-10,18H2,1-2H3. The smallest absolute Gasteiger partial charge is 0.135 e. The summed E-state index contributed by atoms with van der Waals surface area (Å²) in [5.41, 5.74) is 7.81. The van der Waals surface area contributed by atoms with E-state index in [4.69, 9.17) is 19.6 Å². The van der Waals surface area contributed by atoms with Crippen molar-refractivity contribution in [2.75, 3.05) is 0 Å². The average molecular weight is 289 g/mol. The zero-order chi connectivity index (χ0) is 14.8. The Balaban J connectivity index is 1.73. The van der Waals surface area contributed by atoms with Crippen LogP contribution in [-0.2, 0) is 22.6 Å². The van der Waals surface area contributed by atoms with Gasteiger partial charge in [0.1, 0.15) is 18.0 Å². The van der Waals surface area contributed by atoms with Gasteiger partial charge < -0.3 is 19.6 Å². The molecule has 0 spiro atoms. The Kier molecular flexibility index (Phi) is 4.29. The molecule has 3 rings (SSSR count). The van der Waals surface area contributed by atoms with Crippen molar-refractivity contribution in [2.24, 2.45) is 5.73 Å². The topological polar surface area (TPSA) is 57.6 Å². The third-order valence-electron chi connectivity index (χ3n) is 4.09. The lowest BCUT2D eigenvalue weighted by molar-refractivity contribution is -0.108. The second-order valence-corrected chi connectivity index (χ2v) is 5.87. The van der Waals surface area contributed by atoms with Crippen LogP contribution in [0.2, 0.25) is 0 Å². The number of furan rings is 1. The van der Waals surface area contributed by atoms with Gasteiger partial charge in [-0.3, -0.25) is 0 Å². The molecule has 1 saturated heterocycles. The molecule has 2 aromatic rings. The largest absolute Gasteiger partial charge is 0.458 e. The van der Waals surface area contributed by atoms with Crippen molar-refractivity contribution in [3.63, 3.8) is 0 Å².